The predicted octanol–water partition coefficient (Wildman–Crippen LogP) is 4.24. The number of rotatable bonds is 7. The van der Waals surface area contributed by atoms with E-state index in [0.717, 1.165) is 16.7 Å². The Morgan fingerprint density at radius 1 is 0.735 bits per heavy atom. The molecule has 174 valence electrons. The van der Waals surface area contributed by atoms with Crippen molar-refractivity contribution in [1.29, 1.82) is 0 Å². The molecule has 34 heavy (non-hydrogen) atoms. The Morgan fingerprint density at radius 2 is 1.21 bits per heavy atom. The lowest BCUT2D eigenvalue weighted by molar-refractivity contribution is -0.146. The third-order valence-corrected chi connectivity index (χ3v) is 5.93. The van der Waals surface area contributed by atoms with Crippen LogP contribution < -0.4 is 0 Å². The van der Waals surface area contributed by atoms with Crippen LogP contribution in [0.1, 0.15) is 23.1 Å². The molecule has 0 N–H and O–H groups in total. The van der Waals surface area contributed by atoms with E-state index in [1.165, 1.54) is 4.90 Å². The minimum atomic E-state index is -0.433. The molecule has 0 radical (unpaired) electrons. The standard InChI is InChI=1S/C28H28N2O4/c31-26(18-22-10-4-1-5-11-22)30(27(32)19-23-12-6-2-7-13-23)25-16-17-29(20-25)28(33)34-21-24-14-8-3-9-15-24/h1-15,25H,16-21H2. The molecule has 0 spiro atoms. The van der Waals surface area contributed by atoms with Crippen LogP contribution in [-0.4, -0.2) is 46.8 Å². The van der Waals surface area contributed by atoms with Crippen LogP contribution >= 0.6 is 0 Å². The summed E-state index contributed by atoms with van der Waals surface area (Å²) in [4.78, 5) is 42.1. The molecule has 0 saturated carbocycles. The van der Waals surface area contributed by atoms with Crippen LogP contribution in [-0.2, 0) is 33.8 Å². The third-order valence-electron chi connectivity index (χ3n) is 5.93. The molecule has 1 heterocycles. The van der Waals surface area contributed by atoms with Crippen molar-refractivity contribution in [2.75, 3.05) is 13.1 Å². The summed E-state index contributed by atoms with van der Waals surface area (Å²) in [7, 11) is 0. The van der Waals surface area contributed by atoms with Crippen molar-refractivity contribution < 1.29 is 19.1 Å². The van der Waals surface area contributed by atoms with Crippen LogP contribution in [0, 0.1) is 0 Å². The van der Waals surface area contributed by atoms with Crippen LogP contribution in [0.2, 0.25) is 0 Å². The van der Waals surface area contributed by atoms with E-state index >= 15 is 0 Å². The van der Waals surface area contributed by atoms with E-state index in [2.05, 4.69) is 0 Å². The van der Waals surface area contributed by atoms with Gasteiger partial charge in [-0.3, -0.25) is 14.5 Å². The number of hydrogen-bond acceptors (Lipinski definition) is 4. The second kappa shape index (κ2) is 11.3. The monoisotopic (exact) mass is 456 g/mol. The molecule has 0 aromatic heterocycles. The quantitative estimate of drug-likeness (QED) is 0.533. The number of benzene rings is 3. The molecular weight excluding hydrogens is 428 g/mol. The van der Waals surface area contributed by atoms with Crippen molar-refractivity contribution in [2.24, 2.45) is 0 Å². The first-order valence-corrected chi connectivity index (χ1v) is 11.5. The SMILES string of the molecule is O=C(OCc1ccccc1)N1CCC(N(C(=O)Cc2ccccc2)C(=O)Cc2ccccc2)C1. The molecule has 1 aliphatic rings. The van der Waals surface area contributed by atoms with E-state index in [4.69, 9.17) is 4.74 Å². The first-order chi connectivity index (χ1) is 16.6. The van der Waals surface area contributed by atoms with E-state index in [1.807, 2.05) is 91.0 Å². The highest BCUT2D eigenvalue weighted by molar-refractivity contribution is 5.97. The molecule has 3 amide bonds. The van der Waals surface area contributed by atoms with Gasteiger partial charge in [-0.2, -0.15) is 0 Å². The Bertz CT molecular complexity index is 1050. The second-order valence-corrected chi connectivity index (χ2v) is 8.41. The molecule has 1 aliphatic heterocycles. The lowest BCUT2D eigenvalue weighted by atomic mass is 10.1. The minimum Gasteiger partial charge on any atom is -0.445 e. The fourth-order valence-electron chi connectivity index (χ4n) is 4.19. The van der Waals surface area contributed by atoms with Gasteiger partial charge in [-0.05, 0) is 23.1 Å². The number of carbonyl (C=O) groups excluding carboxylic acids is 3. The molecule has 1 atom stereocenters. The molecule has 0 bridgehead atoms. The zero-order chi connectivity index (χ0) is 23.8. The molecule has 6 heteroatoms. The van der Waals surface area contributed by atoms with Crippen LogP contribution in [0.25, 0.3) is 0 Å². The third kappa shape index (κ3) is 6.10. The summed E-state index contributed by atoms with van der Waals surface area (Å²) in [6.07, 6.45) is 0.367. The zero-order valence-electron chi connectivity index (χ0n) is 19.0. The summed E-state index contributed by atoms with van der Waals surface area (Å²) in [5, 5.41) is 0. The van der Waals surface area contributed by atoms with Gasteiger partial charge in [-0.15, -0.1) is 0 Å². The molecule has 3 aromatic rings. The number of imide groups is 1. The molecule has 0 aliphatic carbocycles. The van der Waals surface area contributed by atoms with Gasteiger partial charge in [0.1, 0.15) is 6.61 Å². The van der Waals surface area contributed by atoms with Crippen LogP contribution in [0.4, 0.5) is 4.79 Å². The van der Waals surface area contributed by atoms with Crippen LogP contribution in [0.3, 0.4) is 0 Å². The van der Waals surface area contributed by atoms with Crippen LogP contribution in [0.5, 0.6) is 0 Å². The number of carbonyl (C=O) groups is 3. The minimum absolute atomic E-state index is 0.135. The van der Waals surface area contributed by atoms with Gasteiger partial charge in [0.25, 0.3) is 0 Å². The van der Waals surface area contributed by atoms with Gasteiger partial charge in [-0.25, -0.2) is 4.79 Å². The summed E-state index contributed by atoms with van der Waals surface area (Å²) in [6.45, 7) is 0.894. The van der Waals surface area contributed by atoms with Crippen molar-refractivity contribution in [3.63, 3.8) is 0 Å². The Labute approximate surface area is 199 Å². The molecule has 1 fully saturated rings. The second-order valence-electron chi connectivity index (χ2n) is 8.41. The maximum absolute atomic E-state index is 13.3. The Hall–Kier alpha value is -3.93. The van der Waals surface area contributed by atoms with Crippen molar-refractivity contribution in [3.8, 4) is 0 Å². The molecule has 3 aromatic carbocycles. The van der Waals surface area contributed by atoms with Gasteiger partial charge in [-0.1, -0.05) is 91.0 Å². The number of amides is 3. The maximum Gasteiger partial charge on any atom is 0.410 e. The maximum atomic E-state index is 13.3. The Morgan fingerprint density at radius 3 is 1.71 bits per heavy atom. The fourth-order valence-corrected chi connectivity index (χ4v) is 4.19. The predicted molar refractivity (Wildman–Crippen MR) is 129 cm³/mol. The van der Waals surface area contributed by atoms with E-state index in [9.17, 15) is 14.4 Å². The molecule has 4 rings (SSSR count). The number of likely N-dealkylation sites (tertiary alicyclic amines) is 1. The Balaban J connectivity index is 1.44. The average Bonchev–Trinajstić information content (AvgIpc) is 3.34. The highest BCUT2D eigenvalue weighted by atomic mass is 16.6. The number of nitrogens with zero attached hydrogens (tertiary/aromatic N) is 2. The topological polar surface area (TPSA) is 66.9 Å². The van der Waals surface area contributed by atoms with Gasteiger partial charge >= 0.3 is 6.09 Å². The van der Waals surface area contributed by atoms with E-state index in [0.29, 0.717) is 13.0 Å². The molecular formula is C28H28N2O4. The number of ether oxygens (including phenoxy) is 1. The van der Waals surface area contributed by atoms with E-state index in [-0.39, 0.29) is 43.8 Å². The summed E-state index contributed by atoms with van der Waals surface area (Å²) >= 11 is 0. The highest BCUT2D eigenvalue weighted by Gasteiger charge is 2.36. The van der Waals surface area contributed by atoms with Gasteiger partial charge in [0.05, 0.1) is 18.9 Å². The Kier molecular flexibility index (Phi) is 7.71. The lowest BCUT2D eigenvalue weighted by Crippen LogP contribution is -2.47. The summed E-state index contributed by atoms with van der Waals surface area (Å²) in [5.41, 5.74) is 2.61. The van der Waals surface area contributed by atoms with Gasteiger partial charge in [0.2, 0.25) is 11.8 Å². The normalized spacial score (nSPS) is 15.1. The zero-order valence-corrected chi connectivity index (χ0v) is 19.0. The van der Waals surface area contributed by atoms with Crippen molar-refractivity contribution in [1.82, 2.24) is 9.80 Å². The average molecular weight is 457 g/mol. The van der Waals surface area contributed by atoms with Crippen molar-refractivity contribution in [2.45, 2.75) is 31.9 Å². The largest absolute Gasteiger partial charge is 0.445 e. The highest BCUT2D eigenvalue weighted by Crippen LogP contribution is 2.20. The first kappa shape index (κ1) is 23.2. The van der Waals surface area contributed by atoms with E-state index < -0.39 is 6.09 Å². The number of hydrogen-bond donors (Lipinski definition) is 0. The molecule has 6 nitrogen and oxygen atoms in total. The van der Waals surface area contributed by atoms with Crippen molar-refractivity contribution >= 4 is 17.9 Å². The van der Waals surface area contributed by atoms with Gasteiger partial charge < -0.3 is 9.64 Å². The van der Waals surface area contributed by atoms with E-state index in [1.54, 1.807) is 4.90 Å². The first-order valence-electron chi connectivity index (χ1n) is 11.5. The smallest absolute Gasteiger partial charge is 0.410 e. The van der Waals surface area contributed by atoms with Gasteiger partial charge in [0.15, 0.2) is 0 Å². The fraction of sp³-hybridized carbons (Fsp3) is 0.250. The van der Waals surface area contributed by atoms with Crippen LogP contribution in [0.15, 0.2) is 91.0 Å². The van der Waals surface area contributed by atoms with Crippen molar-refractivity contribution in [3.05, 3.63) is 108 Å². The molecule has 1 unspecified atom stereocenters. The summed E-state index contributed by atoms with van der Waals surface area (Å²) in [6, 6.07) is 27.9. The summed E-state index contributed by atoms with van der Waals surface area (Å²) < 4.78 is 5.45. The lowest BCUT2D eigenvalue weighted by Gasteiger charge is -2.27. The van der Waals surface area contributed by atoms with Gasteiger partial charge in [0, 0.05) is 13.1 Å². The molecule has 1 saturated heterocycles. The summed E-state index contributed by atoms with van der Waals surface area (Å²) in [5.74, 6) is -0.506.